The van der Waals surface area contributed by atoms with Crippen LogP contribution in [0.4, 0.5) is 0 Å². The van der Waals surface area contributed by atoms with E-state index in [1.165, 1.54) is 6.07 Å². The summed E-state index contributed by atoms with van der Waals surface area (Å²) in [5.41, 5.74) is 0.609. The van der Waals surface area contributed by atoms with Gasteiger partial charge in [0, 0.05) is 12.0 Å². The molecule has 2 rings (SSSR count). The Balaban J connectivity index is 2.29. The number of carboxylic acid groups (broad SMARTS) is 1. The highest BCUT2D eigenvalue weighted by molar-refractivity contribution is 7.90. The minimum atomic E-state index is -3.02. The Bertz CT molecular complexity index is 497. The van der Waals surface area contributed by atoms with Crippen LogP contribution in [-0.2, 0) is 33.2 Å². The number of aliphatic carboxylic acids is 1. The van der Waals surface area contributed by atoms with Crippen molar-refractivity contribution in [1.29, 1.82) is 0 Å². The maximum Gasteiger partial charge on any atom is 0.311 e. The van der Waals surface area contributed by atoms with Crippen LogP contribution < -0.4 is 0 Å². The molecule has 0 unspecified atom stereocenters. The first-order valence-corrected chi connectivity index (χ1v) is 6.31. The molecule has 82 valence electrons. The molecule has 0 aliphatic carbocycles. The fraction of sp³-hybridized carbons (Fsp3) is 0.444. The Morgan fingerprint density at radius 1 is 1.53 bits per heavy atom. The lowest BCUT2D eigenvalue weighted by atomic mass is 10.2. The summed E-state index contributed by atoms with van der Waals surface area (Å²) >= 11 is 0. The Morgan fingerprint density at radius 3 is 2.93 bits per heavy atom. The first kappa shape index (κ1) is 10.2. The van der Waals surface area contributed by atoms with Gasteiger partial charge in [0.15, 0.2) is 9.84 Å². The summed E-state index contributed by atoms with van der Waals surface area (Å²) in [6, 6.07) is 1.53. The molecule has 0 spiro atoms. The van der Waals surface area contributed by atoms with Crippen molar-refractivity contribution >= 4 is 15.8 Å². The van der Waals surface area contributed by atoms with E-state index < -0.39 is 15.8 Å². The number of rotatable bonds is 2. The summed E-state index contributed by atoms with van der Waals surface area (Å²) in [7, 11) is -3.02. The van der Waals surface area contributed by atoms with Gasteiger partial charge >= 0.3 is 5.97 Å². The number of hydrogen-bond acceptors (Lipinski definition) is 4. The third-order valence-electron chi connectivity index (χ3n) is 2.29. The highest BCUT2D eigenvalue weighted by Crippen LogP contribution is 2.24. The predicted molar refractivity (Wildman–Crippen MR) is 51.2 cm³/mol. The molecule has 0 atom stereocenters. The van der Waals surface area contributed by atoms with Crippen molar-refractivity contribution in [2.24, 2.45) is 0 Å². The molecule has 2 heterocycles. The van der Waals surface area contributed by atoms with Gasteiger partial charge in [-0.25, -0.2) is 8.42 Å². The van der Waals surface area contributed by atoms with Crippen LogP contribution in [0.25, 0.3) is 0 Å². The van der Waals surface area contributed by atoms with Crippen LogP contribution in [0.3, 0.4) is 0 Å². The Morgan fingerprint density at radius 2 is 2.27 bits per heavy atom. The normalized spacial score (nSPS) is 18.4. The SMILES string of the molecule is O=C(O)Cc1cc2c(o1)CCS(=O)(=O)C2. The van der Waals surface area contributed by atoms with E-state index in [0.717, 1.165) is 0 Å². The molecule has 1 aromatic heterocycles. The number of fused-ring (bicyclic) bond motifs is 1. The van der Waals surface area contributed by atoms with Crippen LogP contribution in [0.1, 0.15) is 17.1 Å². The standard InChI is InChI=1S/C9H10O5S/c10-9(11)4-7-3-6-5-15(12,13)2-1-8(6)14-7/h3H,1-2,4-5H2,(H,10,11). The van der Waals surface area contributed by atoms with Crippen molar-refractivity contribution in [2.45, 2.75) is 18.6 Å². The van der Waals surface area contributed by atoms with Crippen molar-refractivity contribution < 1.29 is 22.7 Å². The van der Waals surface area contributed by atoms with Crippen LogP contribution in [0.2, 0.25) is 0 Å². The van der Waals surface area contributed by atoms with Crippen LogP contribution in [0.15, 0.2) is 10.5 Å². The predicted octanol–water partition coefficient (Wildman–Crippen LogP) is 0.378. The van der Waals surface area contributed by atoms with Crippen molar-refractivity contribution in [1.82, 2.24) is 0 Å². The van der Waals surface area contributed by atoms with Crippen LogP contribution >= 0.6 is 0 Å². The first-order chi connectivity index (χ1) is 6.96. The minimum absolute atomic E-state index is 0.0363. The van der Waals surface area contributed by atoms with E-state index in [-0.39, 0.29) is 17.9 Å². The average molecular weight is 230 g/mol. The maximum absolute atomic E-state index is 11.3. The average Bonchev–Trinajstić information content (AvgIpc) is 2.42. The number of aryl methyl sites for hydroxylation is 1. The second kappa shape index (κ2) is 3.37. The molecule has 0 saturated heterocycles. The second-order valence-corrected chi connectivity index (χ2v) is 5.76. The molecule has 0 radical (unpaired) electrons. The molecule has 1 aromatic rings. The number of furan rings is 1. The van der Waals surface area contributed by atoms with E-state index in [9.17, 15) is 13.2 Å². The van der Waals surface area contributed by atoms with Crippen molar-refractivity contribution in [2.75, 3.05) is 5.75 Å². The van der Waals surface area contributed by atoms with Crippen LogP contribution in [0, 0.1) is 0 Å². The van der Waals surface area contributed by atoms with Gasteiger partial charge < -0.3 is 9.52 Å². The van der Waals surface area contributed by atoms with E-state index in [1.54, 1.807) is 0 Å². The van der Waals surface area contributed by atoms with Crippen molar-refractivity contribution in [3.05, 3.63) is 23.2 Å². The number of carbonyl (C=O) groups is 1. The summed E-state index contributed by atoms with van der Waals surface area (Å²) in [5.74, 6) is 0.000461. The van der Waals surface area contributed by atoms with E-state index in [2.05, 4.69) is 0 Å². The molecule has 1 aliphatic rings. The molecule has 0 fully saturated rings. The summed E-state index contributed by atoms with van der Waals surface area (Å²) in [6.07, 6.45) is 0.143. The van der Waals surface area contributed by atoms with Gasteiger partial charge in [0.1, 0.15) is 17.9 Å². The zero-order valence-electron chi connectivity index (χ0n) is 7.89. The monoisotopic (exact) mass is 230 g/mol. The zero-order valence-corrected chi connectivity index (χ0v) is 8.71. The van der Waals surface area contributed by atoms with Crippen LogP contribution in [0.5, 0.6) is 0 Å². The number of hydrogen-bond donors (Lipinski definition) is 1. The van der Waals surface area contributed by atoms with Crippen LogP contribution in [-0.4, -0.2) is 25.2 Å². The Hall–Kier alpha value is -1.30. The van der Waals surface area contributed by atoms with Gasteiger partial charge in [-0.05, 0) is 6.07 Å². The van der Waals surface area contributed by atoms with Gasteiger partial charge in [-0.1, -0.05) is 0 Å². The summed E-state index contributed by atoms with van der Waals surface area (Å²) in [6.45, 7) is 0. The maximum atomic E-state index is 11.3. The van der Waals surface area contributed by atoms with E-state index >= 15 is 0 Å². The van der Waals surface area contributed by atoms with Gasteiger partial charge in [-0.2, -0.15) is 0 Å². The van der Waals surface area contributed by atoms with Gasteiger partial charge in [0.05, 0.1) is 11.5 Å². The van der Waals surface area contributed by atoms with E-state index in [0.29, 0.717) is 23.5 Å². The molecular weight excluding hydrogens is 220 g/mol. The van der Waals surface area contributed by atoms with Gasteiger partial charge in [-0.15, -0.1) is 0 Å². The Kier molecular flexibility index (Phi) is 2.30. The summed E-state index contributed by atoms with van der Waals surface area (Å²) < 4.78 is 27.8. The third-order valence-corrected chi connectivity index (χ3v) is 3.87. The Labute approximate surface area is 86.6 Å². The molecule has 5 nitrogen and oxygen atoms in total. The molecule has 1 N–H and O–H groups in total. The van der Waals surface area contributed by atoms with E-state index in [1.807, 2.05) is 0 Å². The number of carboxylic acids is 1. The lowest BCUT2D eigenvalue weighted by Gasteiger charge is -2.09. The quantitative estimate of drug-likeness (QED) is 0.793. The summed E-state index contributed by atoms with van der Waals surface area (Å²) in [5, 5.41) is 8.55. The first-order valence-electron chi connectivity index (χ1n) is 4.49. The highest BCUT2D eigenvalue weighted by Gasteiger charge is 2.25. The molecule has 1 aliphatic heterocycles. The minimum Gasteiger partial charge on any atom is -0.481 e. The summed E-state index contributed by atoms with van der Waals surface area (Å²) in [4.78, 5) is 10.4. The highest BCUT2D eigenvalue weighted by atomic mass is 32.2. The van der Waals surface area contributed by atoms with Gasteiger partial charge in [0.25, 0.3) is 0 Å². The smallest absolute Gasteiger partial charge is 0.311 e. The molecule has 0 saturated carbocycles. The van der Waals surface area contributed by atoms with Gasteiger partial charge in [0.2, 0.25) is 0 Å². The molecule has 15 heavy (non-hydrogen) atoms. The third kappa shape index (κ3) is 2.20. The topological polar surface area (TPSA) is 84.6 Å². The molecule has 0 aromatic carbocycles. The van der Waals surface area contributed by atoms with Gasteiger partial charge in [-0.3, -0.25) is 4.79 Å². The van der Waals surface area contributed by atoms with Crippen molar-refractivity contribution in [3.8, 4) is 0 Å². The zero-order chi connectivity index (χ0) is 11.1. The fourth-order valence-corrected chi connectivity index (χ4v) is 3.01. The van der Waals surface area contributed by atoms with E-state index in [4.69, 9.17) is 9.52 Å². The largest absolute Gasteiger partial charge is 0.481 e. The van der Waals surface area contributed by atoms with Crippen molar-refractivity contribution in [3.63, 3.8) is 0 Å². The number of sulfone groups is 1. The lowest BCUT2D eigenvalue weighted by molar-refractivity contribution is -0.136. The molecule has 6 heteroatoms. The fourth-order valence-electron chi connectivity index (χ4n) is 1.66. The molecule has 0 bridgehead atoms. The molecule has 0 amide bonds. The lowest BCUT2D eigenvalue weighted by Crippen LogP contribution is -2.17. The second-order valence-electron chi connectivity index (χ2n) is 3.57. The molecular formula is C9H10O5S.